The number of imide groups is 1. The fourth-order valence-electron chi connectivity index (χ4n) is 4.54. The Bertz CT molecular complexity index is 1450. The lowest BCUT2D eigenvalue weighted by Gasteiger charge is -2.29. The van der Waals surface area contributed by atoms with Crippen LogP contribution in [0.5, 0.6) is 11.5 Å². The summed E-state index contributed by atoms with van der Waals surface area (Å²) in [5.74, 6) is -0.672. The smallest absolute Gasteiger partial charge is 0.341 e. The number of rotatable bonds is 4. The molecule has 202 valence electrons. The van der Waals surface area contributed by atoms with Crippen molar-refractivity contribution in [2.45, 2.75) is 25.7 Å². The fraction of sp³-hybridized carbons (Fsp3) is 0.259. The van der Waals surface area contributed by atoms with E-state index in [1.807, 2.05) is 0 Å². The van der Waals surface area contributed by atoms with Crippen LogP contribution >= 0.6 is 23.2 Å². The molecule has 0 radical (unpaired) electrons. The van der Waals surface area contributed by atoms with Crippen LogP contribution in [-0.2, 0) is 14.4 Å². The Balaban J connectivity index is 0.000000229. The lowest BCUT2D eigenvalue weighted by atomic mass is 9.93. The SMILES string of the molecule is C#CCN1C(=O)COc2cc(F)c(N3C(=O)C4=C(CCCC4)C3=O)cc21.COc1c(Cl)ccc(Cl)c1C(=O)O. The van der Waals surface area contributed by atoms with E-state index in [0.717, 1.165) is 23.8 Å². The van der Waals surface area contributed by atoms with Gasteiger partial charge in [0.1, 0.15) is 11.3 Å². The average molecular weight is 575 g/mol. The molecule has 2 heterocycles. The van der Waals surface area contributed by atoms with E-state index in [4.69, 9.17) is 44.2 Å². The lowest BCUT2D eigenvalue weighted by molar-refractivity contribution is -0.121. The van der Waals surface area contributed by atoms with Gasteiger partial charge in [-0.15, -0.1) is 6.42 Å². The number of carboxylic acid groups (broad SMARTS) is 1. The van der Waals surface area contributed by atoms with Gasteiger partial charge in [0.2, 0.25) is 0 Å². The summed E-state index contributed by atoms with van der Waals surface area (Å²) in [6.45, 7) is -0.262. The van der Waals surface area contributed by atoms with Crippen LogP contribution < -0.4 is 19.3 Å². The summed E-state index contributed by atoms with van der Waals surface area (Å²) < 4.78 is 24.8. The van der Waals surface area contributed by atoms with E-state index in [-0.39, 0.29) is 57.5 Å². The molecule has 2 aromatic carbocycles. The zero-order valence-corrected chi connectivity index (χ0v) is 22.1. The molecule has 0 atom stereocenters. The molecule has 3 aliphatic rings. The first-order valence-electron chi connectivity index (χ1n) is 11.7. The summed E-state index contributed by atoms with van der Waals surface area (Å²) in [4.78, 5) is 50.3. The third-order valence-electron chi connectivity index (χ3n) is 6.33. The molecule has 0 bridgehead atoms. The summed E-state index contributed by atoms with van der Waals surface area (Å²) >= 11 is 11.4. The molecule has 39 heavy (non-hydrogen) atoms. The van der Waals surface area contributed by atoms with Gasteiger partial charge in [-0.05, 0) is 43.9 Å². The van der Waals surface area contributed by atoms with Crippen molar-refractivity contribution in [2.75, 3.05) is 30.1 Å². The predicted octanol–water partition coefficient (Wildman–Crippen LogP) is 4.63. The molecule has 2 aromatic rings. The number of halogens is 3. The van der Waals surface area contributed by atoms with Crippen LogP contribution in [0.25, 0.3) is 0 Å². The summed E-state index contributed by atoms with van der Waals surface area (Å²) in [5, 5.41) is 9.11. The quantitative estimate of drug-likeness (QED) is 0.418. The number of carbonyl (C=O) groups excluding carboxylic acids is 3. The minimum absolute atomic E-state index is 0.0170. The number of anilines is 2. The van der Waals surface area contributed by atoms with Gasteiger partial charge in [0, 0.05) is 17.2 Å². The molecular weight excluding hydrogens is 554 g/mol. The lowest BCUT2D eigenvalue weighted by Crippen LogP contribution is -2.39. The van der Waals surface area contributed by atoms with Crippen molar-refractivity contribution < 1.29 is 38.1 Å². The topological polar surface area (TPSA) is 113 Å². The second-order valence-electron chi connectivity index (χ2n) is 8.60. The van der Waals surface area contributed by atoms with Crippen LogP contribution in [0.1, 0.15) is 36.0 Å². The first-order valence-corrected chi connectivity index (χ1v) is 12.4. The number of hydrogen-bond acceptors (Lipinski definition) is 6. The number of ether oxygens (including phenoxy) is 2. The van der Waals surface area contributed by atoms with Crippen molar-refractivity contribution in [1.82, 2.24) is 0 Å². The minimum Gasteiger partial charge on any atom is -0.494 e. The van der Waals surface area contributed by atoms with Crippen LogP contribution in [0.3, 0.4) is 0 Å². The Morgan fingerprint density at radius 2 is 1.72 bits per heavy atom. The largest absolute Gasteiger partial charge is 0.494 e. The number of fused-ring (bicyclic) bond motifs is 1. The molecule has 0 aromatic heterocycles. The maximum Gasteiger partial charge on any atom is 0.341 e. The summed E-state index contributed by atoms with van der Waals surface area (Å²) in [7, 11) is 1.34. The second kappa shape index (κ2) is 11.4. The molecule has 1 N–H and O–H groups in total. The van der Waals surface area contributed by atoms with Crippen LogP contribution in [0.2, 0.25) is 10.0 Å². The molecule has 1 aliphatic carbocycles. The highest BCUT2D eigenvalue weighted by Crippen LogP contribution is 2.41. The van der Waals surface area contributed by atoms with Gasteiger partial charge in [-0.3, -0.25) is 19.3 Å². The minimum atomic E-state index is -1.16. The van der Waals surface area contributed by atoms with E-state index in [1.54, 1.807) is 0 Å². The molecular formula is C27H21Cl2FN2O7. The van der Waals surface area contributed by atoms with Gasteiger partial charge in [-0.25, -0.2) is 14.1 Å². The van der Waals surface area contributed by atoms with Crippen molar-refractivity contribution in [3.8, 4) is 23.8 Å². The Hall–Kier alpha value is -4.07. The summed E-state index contributed by atoms with van der Waals surface area (Å²) in [5.41, 5.74) is 0.878. The van der Waals surface area contributed by atoms with Crippen LogP contribution in [0, 0.1) is 18.2 Å². The Kier molecular flexibility index (Phi) is 8.14. The van der Waals surface area contributed by atoms with Gasteiger partial charge >= 0.3 is 5.97 Å². The van der Waals surface area contributed by atoms with Crippen molar-refractivity contribution in [3.05, 3.63) is 56.8 Å². The van der Waals surface area contributed by atoms with Gasteiger partial charge in [-0.2, -0.15) is 0 Å². The van der Waals surface area contributed by atoms with Crippen LogP contribution in [-0.4, -0.2) is 49.1 Å². The summed E-state index contributed by atoms with van der Waals surface area (Å²) in [6, 6.07) is 5.26. The van der Waals surface area contributed by atoms with Gasteiger partial charge in [0.05, 0.1) is 35.1 Å². The monoisotopic (exact) mass is 574 g/mol. The predicted molar refractivity (Wildman–Crippen MR) is 141 cm³/mol. The Labute approximate surface area is 232 Å². The van der Waals surface area contributed by atoms with E-state index in [9.17, 15) is 23.6 Å². The Morgan fingerprint density at radius 3 is 2.26 bits per heavy atom. The fourth-order valence-corrected chi connectivity index (χ4v) is 5.00. The zero-order valence-electron chi connectivity index (χ0n) is 20.6. The molecule has 2 aliphatic heterocycles. The number of hydrogen-bond donors (Lipinski definition) is 1. The highest BCUT2D eigenvalue weighted by Gasteiger charge is 2.41. The van der Waals surface area contributed by atoms with Crippen molar-refractivity contribution in [3.63, 3.8) is 0 Å². The first kappa shape index (κ1) is 28.0. The number of terminal acetylenes is 1. The maximum atomic E-state index is 14.7. The zero-order chi connectivity index (χ0) is 28.4. The molecule has 0 saturated carbocycles. The molecule has 5 rings (SSSR count). The normalized spacial score (nSPS) is 16.1. The number of benzene rings is 2. The highest BCUT2D eigenvalue weighted by atomic mass is 35.5. The first-order chi connectivity index (χ1) is 18.6. The van der Waals surface area contributed by atoms with E-state index in [0.29, 0.717) is 24.0 Å². The number of nitrogens with zero attached hydrogens (tertiary/aromatic N) is 2. The molecule has 0 saturated heterocycles. The molecule has 3 amide bonds. The van der Waals surface area contributed by atoms with E-state index >= 15 is 0 Å². The number of carbonyl (C=O) groups is 4. The van der Waals surface area contributed by atoms with Gasteiger partial charge in [-0.1, -0.05) is 29.1 Å². The van der Waals surface area contributed by atoms with E-state index in [2.05, 4.69) is 5.92 Å². The standard InChI is InChI=1S/C19H15FN2O4.C8H6Cl2O3/c1-2-7-21-15-9-14(13(20)8-16(15)26-10-17(21)23)22-18(24)11-5-3-4-6-12(11)19(22)25;1-13-7-5(10)3-2-4(9)6(7)8(11)12/h1,8-9H,3-7,10H2;2-3H,1H3,(H,11,12). The number of carboxylic acids is 1. The van der Waals surface area contributed by atoms with Crippen molar-refractivity contribution >= 4 is 58.3 Å². The number of amides is 3. The van der Waals surface area contributed by atoms with Crippen molar-refractivity contribution in [2.24, 2.45) is 0 Å². The molecule has 9 nitrogen and oxygen atoms in total. The average Bonchev–Trinajstić information content (AvgIpc) is 3.16. The van der Waals surface area contributed by atoms with Crippen molar-refractivity contribution in [1.29, 1.82) is 0 Å². The molecule has 0 spiro atoms. The van der Waals surface area contributed by atoms with Gasteiger partial charge in [0.25, 0.3) is 17.7 Å². The number of methoxy groups -OCH3 is 1. The number of aromatic carboxylic acids is 1. The van der Waals surface area contributed by atoms with E-state index in [1.165, 1.54) is 30.2 Å². The third kappa shape index (κ3) is 5.15. The van der Waals surface area contributed by atoms with E-state index < -0.39 is 23.6 Å². The van der Waals surface area contributed by atoms with Crippen LogP contribution in [0.4, 0.5) is 15.8 Å². The maximum absolute atomic E-state index is 14.7. The highest BCUT2D eigenvalue weighted by molar-refractivity contribution is 6.37. The third-order valence-corrected chi connectivity index (χ3v) is 6.94. The second-order valence-corrected chi connectivity index (χ2v) is 9.41. The molecule has 12 heteroatoms. The van der Waals surface area contributed by atoms with Crippen LogP contribution in [0.15, 0.2) is 35.4 Å². The Morgan fingerprint density at radius 1 is 1.10 bits per heavy atom. The van der Waals surface area contributed by atoms with Gasteiger partial charge in [0.15, 0.2) is 18.2 Å². The molecule has 0 unspecified atom stereocenters. The molecule has 0 fully saturated rings. The summed E-state index contributed by atoms with van der Waals surface area (Å²) in [6.07, 6.45) is 8.01. The van der Waals surface area contributed by atoms with Gasteiger partial charge < -0.3 is 14.6 Å².